The third-order valence-corrected chi connectivity index (χ3v) is 12.6. The largest absolute Gasteiger partial charge is 0.477 e. The highest BCUT2D eigenvalue weighted by molar-refractivity contribution is 5.78. The van der Waals surface area contributed by atoms with Gasteiger partial charge in [0.15, 0.2) is 25.2 Å². The minimum absolute atomic E-state index is 0.836. The highest BCUT2D eigenvalue weighted by Gasteiger charge is 2.62. The van der Waals surface area contributed by atoms with Gasteiger partial charge in [-0.15, -0.1) is 0 Å². The number of rotatable bonds is 20. The Bertz CT molecular complexity index is 1790. The van der Waals surface area contributed by atoms with Gasteiger partial charge in [-0.2, -0.15) is 0 Å². The summed E-state index contributed by atoms with van der Waals surface area (Å²) in [6, 6.07) is -5.52. The molecule has 0 aromatic heterocycles. The number of aliphatic hydroxyl groups is 16. The highest BCUT2D eigenvalue weighted by Crippen LogP contribution is 2.40. The molecule has 416 valence electrons. The Hall–Kier alpha value is -3.12. The molecule has 26 atom stereocenters. The Morgan fingerprint density at radius 1 is 0.569 bits per heavy atom. The van der Waals surface area contributed by atoms with E-state index in [9.17, 15) is 106 Å². The standard InChI is InChI=1S/C39H65N3O30/c1-10(49)40-20-25(57)29(68-36-27(59)26(58)23(55)14(5-44)65-36)16(7-46)66-35(20)69-30-17(8-47)67-37(70-31-21(41-11(2)50)34(61)64-15(6-45)24(31)56)28(60)33(30)72-39(38(62)63)3-12(51)19(42-18(53)9-48)32(71-39)22(54)13(52)4-43/h12-17,19-37,43-48,51-52,54-61H,3-9H2,1-2H3,(H,40,49)(H,41,50)(H,42,53)(H,62,63)/t12?,13?,14-,15-,16-,17-,19?,20-,21-,22?,23+,24+,25-,26+,27-,28-,29+,30+,31-,32?,33-,34?,35+,36-,37+,39?/m1/s1. The Morgan fingerprint density at radius 3 is 1.64 bits per heavy atom. The second-order valence-electron chi connectivity index (χ2n) is 17.6. The van der Waals surface area contributed by atoms with E-state index in [4.69, 9.17) is 42.6 Å². The van der Waals surface area contributed by atoms with Crippen molar-refractivity contribution in [1.29, 1.82) is 0 Å². The van der Waals surface area contributed by atoms with Crippen LogP contribution in [0.5, 0.6) is 0 Å². The number of carboxylic acid groups (broad SMARTS) is 1. The van der Waals surface area contributed by atoms with Gasteiger partial charge in [0.1, 0.15) is 122 Å². The normalized spacial score (nSPS) is 44.6. The van der Waals surface area contributed by atoms with Crippen molar-refractivity contribution in [3.05, 3.63) is 0 Å². The van der Waals surface area contributed by atoms with Gasteiger partial charge >= 0.3 is 5.97 Å². The first-order valence-electron chi connectivity index (χ1n) is 22.4. The molecule has 3 amide bonds. The minimum Gasteiger partial charge on any atom is -0.477 e. The number of aliphatic carboxylic acids is 1. The van der Waals surface area contributed by atoms with Crippen molar-refractivity contribution in [2.45, 2.75) is 179 Å². The van der Waals surface area contributed by atoms with Crippen molar-refractivity contribution >= 4 is 23.7 Å². The van der Waals surface area contributed by atoms with Crippen LogP contribution in [0.4, 0.5) is 0 Å². The van der Waals surface area contributed by atoms with E-state index < -0.39 is 229 Å². The lowest BCUT2D eigenvalue weighted by Crippen LogP contribution is -2.72. The van der Waals surface area contributed by atoms with Gasteiger partial charge in [0, 0.05) is 20.3 Å². The molecular formula is C39H65N3O30. The number of nitrogens with one attached hydrogen (secondary N) is 3. The van der Waals surface area contributed by atoms with Gasteiger partial charge in [-0.3, -0.25) is 14.4 Å². The van der Waals surface area contributed by atoms with Crippen LogP contribution in [0.15, 0.2) is 0 Å². The molecule has 33 nitrogen and oxygen atoms in total. The summed E-state index contributed by atoms with van der Waals surface area (Å²) in [6.45, 7) is -4.74. The molecule has 5 fully saturated rings. The molecule has 20 N–H and O–H groups in total. The van der Waals surface area contributed by atoms with Crippen LogP contribution in [-0.2, 0) is 61.8 Å². The zero-order valence-corrected chi connectivity index (χ0v) is 38.3. The monoisotopic (exact) mass is 1060 g/mol. The first kappa shape index (κ1) is 59.8. The van der Waals surface area contributed by atoms with Gasteiger partial charge < -0.3 is 145 Å². The van der Waals surface area contributed by atoms with Crippen molar-refractivity contribution in [1.82, 2.24) is 16.0 Å². The molecule has 0 aliphatic carbocycles. The predicted octanol–water partition coefficient (Wildman–Crippen LogP) is -13.3. The smallest absolute Gasteiger partial charge is 0.364 e. The molecule has 0 radical (unpaired) electrons. The fraction of sp³-hybridized carbons (Fsp3) is 0.897. The van der Waals surface area contributed by atoms with E-state index in [0.717, 1.165) is 13.8 Å². The molecule has 0 saturated carbocycles. The molecule has 72 heavy (non-hydrogen) atoms. The number of carbonyl (C=O) groups is 4. The summed E-state index contributed by atoms with van der Waals surface area (Å²) in [5.41, 5.74) is 0. The Labute approximate surface area is 406 Å². The fourth-order valence-electron chi connectivity index (χ4n) is 8.94. The van der Waals surface area contributed by atoms with E-state index in [-0.39, 0.29) is 0 Å². The van der Waals surface area contributed by atoms with Crippen molar-refractivity contribution in [2.75, 3.05) is 39.6 Å². The first-order valence-corrected chi connectivity index (χ1v) is 22.4. The third kappa shape index (κ3) is 12.9. The lowest BCUT2D eigenvalue weighted by atomic mass is 9.88. The zero-order chi connectivity index (χ0) is 53.7. The topological polar surface area (TPSA) is 531 Å². The summed E-state index contributed by atoms with van der Waals surface area (Å²) in [4.78, 5) is 50.7. The van der Waals surface area contributed by atoms with Gasteiger partial charge in [0.05, 0.1) is 45.2 Å². The molecule has 7 unspecified atom stereocenters. The number of aliphatic hydroxyl groups excluding tert-OH is 16. The highest BCUT2D eigenvalue weighted by atomic mass is 16.8. The van der Waals surface area contributed by atoms with E-state index in [1.807, 2.05) is 0 Å². The Balaban J connectivity index is 1.60. The van der Waals surface area contributed by atoms with Crippen LogP contribution in [0.1, 0.15) is 20.3 Å². The molecule has 5 saturated heterocycles. The van der Waals surface area contributed by atoms with Crippen molar-refractivity contribution in [2.24, 2.45) is 0 Å². The molecule has 0 spiro atoms. The van der Waals surface area contributed by atoms with Crippen LogP contribution in [0.3, 0.4) is 0 Å². The van der Waals surface area contributed by atoms with Crippen molar-refractivity contribution in [3.8, 4) is 0 Å². The summed E-state index contributed by atoms with van der Waals surface area (Å²) in [7, 11) is 0. The van der Waals surface area contributed by atoms with Crippen LogP contribution >= 0.6 is 0 Å². The van der Waals surface area contributed by atoms with Gasteiger partial charge in [0.2, 0.25) is 17.7 Å². The summed E-state index contributed by atoms with van der Waals surface area (Å²) >= 11 is 0. The SMILES string of the molecule is CC(=O)N[C@H]1[C@H](O[C@@H]2[C@H](OC3(C(=O)O)CC(O)C(NC(=O)CO)C(C(O)C(O)CO)O3)[C@@H](O)[C@H](O[C@H]3[C@@H](O)[C@@H](CO)OC(O)[C@@H]3NC(C)=O)O[C@@H]2CO)O[C@H](CO)[C@H](O[C@H]2O[C@H](CO)[C@H](O)[C@H](O)[C@H]2O)[C@@H]1O. The number of amides is 3. The number of carboxylic acids is 1. The van der Waals surface area contributed by atoms with Crippen LogP contribution in [0.2, 0.25) is 0 Å². The molecule has 5 aliphatic rings. The van der Waals surface area contributed by atoms with Crippen LogP contribution < -0.4 is 16.0 Å². The molecule has 0 aromatic rings. The number of carbonyl (C=O) groups excluding carboxylic acids is 3. The first-order chi connectivity index (χ1) is 33.9. The van der Waals surface area contributed by atoms with Gasteiger partial charge in [-0.05, 0) is 0 Å². The summed E-state index contributed by atoms with van der Waals surface area (Å²) in [6.07, 6.45) is -46.8. The van der Waals surface area contributed by atoms with Crippen molar-refractivity contribution < 1.29 is 149 Å². The van der Waals surface area contributed by atoms with Crippen LogP contribution in [-0.4, -0.2) is 309 Å². The van der Waals surface area contributed by atoms with Gasteiger partial charge in [-0.1, -0.05) is 0 Å². The quantitative estimate of drug-likeness (QED) is 0.0538. The maximum absolute atomic E-state index is 13.5. The molecule has 0 bridgehead atoms. The van der Waals surface area contributed by atoms with E-state index in [1.54, 1.807) is 0 Å². The van der Waals surface area contributed by atoms with Crippen molar-refractivity contribution in [3.63, 3.8) is 0 Å². The second kappa shape index (κ2) is 25.6. The zero-order valence-electron chi connectivity index (χ0n) is 38.3. The Kier molecular flexibility index (Phi) is 21.3. The predicted molar refractivity (Wildman–Crippen MR) is 220 cm³/mol. The molecule has 0 aromatic carbocycles. The van der Waals surface area contributed by atoms with E-state index in [1.165, 1.54) is 0 Å². The van der Waals surface area contributed by atoms with E-state index in [0.29, 0.717) is 0 Å². The van der Waals surface area contributed by atoms with Crippen LogP contribution in [0.25, 0.3) is 0 Å². The summed E-state index contributed by atoms with van der Waals surface area (Å²) in [5.74, 6) is -8.56. The lowest BCUT2D eigenvalue weighted by molar-refractivity contribution is -0.400. The average Bonchev–Trinajstić information content (AvgIpc) is 3.34. The molecular weight excluding hydrogens is 990 g/mol. The maximum Gasteiger partial charge on any atom is 0.364 e. The van der Waals surface area contributed by atoms with E-state index >= 15 is 0 Å². The molecule has 33 heteroatoms. The summed E-state index contributed by atoms with van der Waals surface area (Å²) in [5, 5.41) is 188. The number of hydrogen-bond acceptors (Lipinski definition) is 29. The lowest BCUT2D eigenvalue weighted by Gasteiger charge is -2.52. The van der Waals surface area contributed by atoms with Crippen LogP contribution in [0, 0.1) is 0 Å². The van der Waals surface area contributed by atoms with E-state index in [2.05, 4.69) is 16.0 Å². The average molecular weight is 1060 g/mol. The molecule has 5 aliphatic heterocycles. The third-order valence-electron chi connectivity index (χ3n) is 12.6. The molecule has 5 heterocycles. The second-order valence-corrected chi connectivity index (χ2v) is 17.6. The van der Waals surface area contributed by atoms with Gasteiger partial charge in [-0.25, -0.2) is 4.79 Å². The number of hydrogen-bond donors (Lipinski definition) is 20. The fourth-order valence-corrected chi connectivity index (χ4v) is 8.94. The minimum atomic E-state index is -3.40. The maximum atomic E-state index is 13.5. The Morgan fingerprint density at radius 2 is 1.08 bits per heavy atom. The van der Waals surface area contributed by atoms with Gasteiger partial charge in [0.25, 0.3) is 5.79 Å². The molecule has 5 rings (SSSR count). The summed E-state index contributed by atoms with van der Waals surface area (Å²) < 4.78 is 51.8. The number of ether oxygens (including phenoxy) is 9.